The third-order valence-corrected chi connectivity index (χ3v) is 6.41. The third kappa shape index (κ3) is 4.36. The van der Waals surface area contributed by atoms with Crippen molar-refractivity contribution < 1.29 is 14.2 Å². The van der Waals surface area contributed by atoms with Crippen molar-refractivity contribution in [3.05, 3.63) is 28.1 Å². The standard InChI is InChI=1S/C24H37N3O3/c1-16(2)25-23-22-18(15-30-24(22,3)4)17-13-20(28-5)21(14-19(17)26-23)29-12-8-11-27-9-6-7-10-27/h14,16,20H,6-13,15H2,1-5H3,(H,25,26). The molecule has 0 amide bonds. The minimum absolute atomic E-state index is 0.0668. The average Bonchev–Trinajstić information content (AvgIpc) is 3.32. The molecule has 1 saturated heterocycles. The predicted octanol–water partition coefficient (Wildman–Crippen LogP) is 4.08. The van der Waals surface area contributed by atoms with Crippen LogP contribution in [-0.4, -0.2) is 55.4 Å². The number of nitrogens with one attached hydrogen (secondary N) is 1. The number of aromatic nitrogens is 1. The highest BCUT2D eigenvalue weighted by Crippen LogP contribution is 2.44. The van der Waals surface area contributed by atoms with Gasteiger partial charge in [-0.2, -0.15) is 0 Å². The summed E-state index contributed by atoms with van der Waals surface area (Å²) < 4.78 is 18.2. The van der Waals surface area contributed by atoms with Gasteiger partial charge in [0, 0.05) is 37.8 Å². The summed E-state index contributed by atoms with van der Waals surface area (Å²) in [6.45, 7) is 13.4. The summed E-state index contributed by atoms with van der Waals surface area (Å²) in [5.74, 6) is 1.83. The van der Waals surface area contributed by atoms with E-state index in [4.69, 9.17) is 19.2 Å². The molecule has 1 N–H and O–H groups in total. The highest BCUT2D eigenvalue weighted by atomic mass is 16.5. The van der Waals surface area contributed by atoms with Crippen LogP contribution in [0.5, 0.6) is 0 Å². The molecule has 30 heavy (non-hydrogen) atoms. The Balaban J connectivity index is 1.56. The van der Waals surface area contributed by atoms with Gasteiger partial charge in [-0.15, -0.1) is 0 Å². The van der Waals surface area contributed by atoms with Gasteiger partial charge in [0.15, 0.2) is 0 Å². The predicted molar refractivity (Wildman–Crippen MR) is 120 cm³/mol. The minimum atomic E-state index is -0.340. The molecule has 1 fully saturated rings. The van der Waals surface area contributed by atoms with Crippen LogP contribution in [0.4, 0.5) is 5.82 Å². The first-order valence-electron chi connectivity index (χ1n) is 11.5. The van der Waals surface area contributed by atoms with Gasteiger partial charge < -0.3 is 24.4 Å². The van der Waals surface area contributed by atoms with Crippen molar-refractivity contribution in [2.75, 3.05) is 38.7 Å². The van der Waals surface area contributed by atoms with Gasteiger partial charge in [-0.1, -0.05) is 0 Å². The van der Waals surface area contributed by atoms with Crippen molar-refractivity contribution >= 4 is 11.9 Å². The van der Waals surface area contributed by atoms with Crippen molar-refractivity contribution in [3.63, 3.8) is 0 Å². The summed E-state index contributed by atoms with van der Waals surface area (Å²) in [5.41, 5.74) is 4.34. The maximum atomic E-state index is 6.20. The lowest BCUT2D eigenvalue weighted by molar-refractivity contribution is -0.00784. The van der Waals surface area contributed by atoms with Crippen molar-refractivity contribution in [2.45, 2.75) is 77.7 Å². The van der Waals surface area contributed by atoms with E-state index in [9.17, 15) is 0 Å². The van der Waals surface area contributed by atoms with Crippen LogP contribution in [0.25, 0.3) is 6.08 Å². The number of methoxy groups -OCH3 is 1. The maximum absolute atomic E-state index is 6.20. The summed E-state index contributed by atoms with van der Waals surface area (Å²) in [5, 5.41) is 3.54. The normalized spacial score (nSPS) is 22.7. The van der Waals surface area contributed by atoms with Crippen molar-refractivity contribution in [1.29, 1.82) is 0 Å². The van der Waals surface area contributed by atoms with Gasteiger partial charge in [-0.3, -0.25) is 0 Å². The van der Waals surface area contributed by atoms with Crippen LogP contribution in [0.15, 0.2) is 5.76 Å². The van der Waals surface area contributed by atoms with Gasteiger partial charge >= 0.3 is 0 Å². The molecule has 166 valence electrons. The van der Waals surface area contributed by atoms with Crippen molar-refractivity contribution in [2.24, 2.45) is 0 Å². The fourth-order valence-electron chi connectivity index (χ4n) is 4.88. The smallest absolute Gasteiger partial charge is 0.133 e. The number of fused-ring (bicyclic) bond motifs is 3. The summed E-state index contributed by atoms with van der Waals surface area (Å²) in [6, 6.07) is 0.302. The summed E-state index contributed by atoms with van der Waals surface area (Å²) >= 11 is 0. The van der Waals surface area contributed by atoms with E-state index in [-0.39, 0.29) is 11.7 Å². The average molecular weight is 416 g/mol. The van der Waals surface area contributed by atoms with Crippen molar-refractivity contribution in [3.8, 4) is 0 Å². The number of ether oxygens (including phenoxy) is 3. The monoisotopic (exact) mass is 415 g/mol. The van der Waals surface area contributed by atoms with Gasteiger partial charge in [-0.05, 0) is 71.2 Å². The van der Waals surface area contributed by atoms with Gasteiger partial charge in [0.25, 0.3) is 0 Å². The number of rotatable bonds is 8. The molecule has 0 aromatic carbocycles. The van der Waals surface area contributed by atoms with Crippen LogP contribution >= 0.6 is 0 Å². The molecule has 6 heteroatoms. The van der Waals surface area contributed by atoms with Crippen LogP contribution in [0, 0.1) is 0 Å². The molecule has 1 atom stereocenters. The zero-order chi connectivity index (χ0) is 21.3. The quantitative estimate of drug-likeness (QED) is 0.646. The molecule has 1 aliphatic carbocycles. The van der Waals surface area contributed by atoms with E-state index in [2.05, 4.69) is 44.0 Å². The minimum Gasteiger partial charge on any atom is -0.495 e. The Kier molecular flexibility index (Phi) is 6.37. The fourth-order valence-corrected chi connectivity index (χ4v) is 4.88. The Morgan fingerprint density at radius 3 is 2.73 bits per heavy atom. The van der Waals surface area contributed by atoms with Crippen molar-refractivity contribution in [1.82, 2.24) is 9.88 Å². The van der Waals surface area contributed by atoms with E-state index in [0.717, 1.165) is 43.3 Å². The highest BCUT2D eigenvalue weighted by Gasteiger charge is 2.39. The second-order valence-electron chi connectivity index (χ2n) is 9.50. The Labute approximate surface area is 181 Å². The molecule has 0 radical (unpaired) electrons. The van der Waals surface area contributed by atoms with Gasteiger partial charge in [-0.25, -0.2) is 4.98 Å². The molecule has 6 nitrogen and oxygen atoms in total. The Morgan fingerprint density at radius 1 is 1.27 bits per heavy atom. The number of pyridine rings is 1. The SMILES string of the molecule is COC1Cc2c(nc(NC(C)C)c3c2COC3(C)C)C=C1OCCCN1CCCC1. The fraction of sp³-hybridized carbons (Fsp3) is 0.708. The molecule has 1 unspecified atom stereocenters. The van der Waals surface area contributed by atoms with Gasteiger partial charge in [0.1, 0.15) is 17.7 Å². The number of anilines is 1. The van der Waals surface area contributed by atoms with E-state index in [0.29, 0.717) is 12.6 Å². The summed E-state index contributed by atoms with van der Waals surface area (Å²) in [7, 11) is 1.76. The maximum Gasteiger partial charge on any atom is 0.133 e. The first kappa shape index (κ1) is 21.6. The van der Waals surface area contributed by atoms with Crippen LogP contribution in [0.3, 0.4) is 0 Å². The molecule has 0 bridgehead atoms. The Bertz CT molecular complexity index is 797. The third-order valence-electron chi connectivity index (χ3n) is 6.41. The van der Waals surface area contributed by atoms with Crippen LogP contribution in [0.2, 0.25) is 0 Å². The number of hydrogen-bond acceptors (Lipinski definition) is 6. The first-order chi connectivity index (χ1) is 14.4. The van der Waals surface area contributed by atoms with E-state index in [1.807, 2.05) is 0 Å². The van der Waals surface area contributed by atoms with E-state index in [1.165, 1.54) is 42.6 Å². The lowest BCUT2D eigenvalue weighted by Gasteiger charge is -2.28. The summed E-state index contributed by atoms with van der Waals surface area (Å²) in [6.07, 6.45) is 6.50. The number of hydrogen-bond donors (Lipinski definition) is 1. The van der Waals surface area contributed by atoms with Crippen LogP contribution in [-0.2, 0) is 32.8 Å². The molecule has 2 aliphatic heterocycles. The zero-order valence-electron chi connectivity index (χ0n) is 19.2. The Morgan fingerprint density at radius 2 is 2.03 bits per heavy atom. The van der Waals surface area contributed by atoms with Crippen LogP contribution < -0.4 is 5.32 Å². The second-order valence-corrected chi connectivity index (χ2v) is 9.50. The molecule has 1 aromatic heterocycles. The topological polar surface area (TPSA) is 55.9 Å². The van der Waals surface area contributed by atoms with E-state index < -0.39 is 0 Å². The molecular formula is C24H37N3O3. The Hall–Kier alpha value is -1.63. The lowest BCUT2D eigenvalue weighted by Crippen LogP contribution is -2.27. The van der Waals surface area contributed by atoms with Gasteiger partial charge in [0.05, 0.1) is 24.5 Å². The molecule has 1 aromatic rings. The second kappa shape index (κ2) is 8.85. The van der Waals surface area contributed by atoms with Crippen LogP contribution in [0.1, 0.15) is 69.3 Å². The molecule has 0 spiro atoms. The highest BCUT2D eigenvalue weighted by molar-refractivity contribution is 5.66. The molecule has 4 rings (SSSR count). The zero-order valence-corrected chi connectivity index (χ0v) is 19.2. The summed E-state index contributed by atoms with van der Waals surface area (Å²) in [4.78, 5) is 7.55. The van der Waals surface area contributed by atoms with E-state index in [1.54, 1.807) is 7.11 Å². The number of likely N-dealkylation sites (tertiary alicyclic amines) is 1. The lowest BCUT2D eigenvalue weighted by atomic mass is 9.87. The molecule has 0 saturated carbocycles. The first-order valence-corrected chi connectivity index (χ1v) is 11.5. The number of nitrogens with zero attached hydrogens (tertiary/aromatic N) is 2. The molecular weight excluding hydrogens is 378 g/mol. The largest absolute Gasteiger partial charge is 0.495 e. The van der Waals surface area contributed by atoms with E-state index >= 15 is 0 Å². The van der Waals surface area contributed by atoms with Gasteiger partial charge in [0.2, 0.25) is 0 Å². The molecule has 3 aliphatic rings. The molecule has 3 heterocycles.